The third kappa shape index (κ3) is 2.66. The Morgan fingerprint density at radius 1 is 1.69 bits per heavy atom. The molecule has 4 heteroatoms. The zero-order valence-electron chi connectivity index (χ0n) is 6.99. The Morgan fingerprint density at radius 2 is 2.38 bits per heavy atom. The van der Waals surface area contributed by atoms with Gasteiger partial charge < -0.3 is 5.11 Å². The van der Waals surface area contributed by atoms with Crippen LogP contribution in [0.1, 0.15) is 11.3 Å². The zero-order chi connectivity index (χ0) is 9.84. The molecule has 0 atom stereocenters. The van der Waals surface area contributed by atoms with Crippen LogP contribution in [-0.2, 0) is 4.79 Å². The summed E-state index contributed by atoms with van der Waals surface area (Å²) in [6, 6.07) is 3.35. The van der Waals surface area contributed by atoms with E-state index in [-0.39, 0.29) is 0 Å². The van der Waals surface area contributed by atoms with Gasteiger partial charge in [0, 0.05) is 12.3 Å². The van der Waals surface area contributed by atoms with Crippen LogP contribution in [0.3, 0.4) is 0 Å². The summed E-state index contributed by atoms with van der Waals surface area (Å²) in [5.41, 5.74) is 1.21. The highest BCUT2D eigenvalue weighted by Gasteiger charge is 2.04. The standard InChI is InChI=1S/C9H8FNO2/c1-6-2-3-11-7(4-6)5-8(10)9(12)13/h2-5H,1H3,(H,12,13)/b8-5-. The fraction of sp³-hybridized carbons (Fsp3) is 0.111. The van der Waals surface area contributed by atoms with Crippen LogP contribution in [0.25, 0.3) is 6.08 Å². The van der Waals surface area contributed by atoms with E-state index < -0.39 is 11.8 Å². The number of nitrogens with zero attached hydrogens (tertiary/aromatic N) is 1. The third-order valence-electron chi connectivity index (χ3n) is 1.42. The first-order chi connectivity index (χ1) is 6.09. The van der Waals surface area contributed by atoms with Gasteiger partial charge in [-0.15, -0.1) is 0 Å². The van der Waals surface area contributed by atoms with E-state index in [0.717, 1.165) is 11.6 Å². The number of carboxylic acids is 1. The lowest BCUT2D eigenvalue weighted by Crippen LogP contribution is -1.94. The van der Waals surface area contributed by atoms with Gasteiger partial charge in [0.1, 0.15) is 0 Å². The number of aromatic nitrogens is 1. The molecule has 0 radical (unpaired) electrons. The highest BCUT2D eigenvalue weighted by molar-refractivity contribution is 5.89. The minimum atomic E-state index is -1.58. The van der Waals surface area contributed by atoms with Gasteiger partial charge in [-0.2, -0.15) is 4.39 Å². The smallest absolute Gasteiger partial charge is 0.364 e. The van der Waals surface area contributed by atoms with E-state index in [0.29, 0.717) is 5.69 Å². The topological polar surface area (TPSA) is 50.2 Å². The average Bonchev–Trinajstić information content (AvgIpc) is 2.04. The summed E-state index contributed by atoms with van der Waals surface area (Å²) in [4.78, 5) is 13.9. The van der Waals surface area contributed by atoms with Crippen LogP contribution in [0, 0.1) is 6.92 Å². The van der Waals surface area contributed by atoms with E-state index in [1.807, 2.05) is 6.92 Å². The Hall–Kier alpha value is -1.71. The van der Waals surface area contributed by atoms with E-state index in [4.69, 9.17) is 5.11 Å². The van der Waals surface area contributed by atoms with E-state index >= 15 is 0 Å². The predicted octanol–water partition coefficient (Wildman–Crippen LogP) is 1.79. The van der Waals surface area contributed by atoms with E-state index in [9.17, 15) is 9.18 Å². The monoisotopic (exact) mass is 181 g/mol. The van der Waals surface area contributed by atoms with Crippen LogP contribution in [-0.4, -0.2) is 16.1 Å². The van der Waals surface area contributed by atoms with Gasteiger partial charge in [0.15, 0.2) is 0 Å². The molecule has 0 aromatic carbocycles. The number of carboxylic acid groups (broad SMARTS) is 1. The maximum atomic E-state index is 12.6. The highest BCUT2D eigenvalue weighted by Crippen LogP contribution is 2.06. The molecule has 3 nitrogen and oxygen atoms in total. The number of pyridine rings is 1. The van der Waals surface area contributed by atoms with E-state index in [1.54, 1.807) is 12.1 Å². The molecule has 0 amide bonds. The Morgan fingerprint density at radius 3 is 2.92 bits per heavy atom. The van der Waals surface area contributed by atoms with Crippen molar-refractivity contribution in [1.29, 1.82) is 0 Å². The van der Waals surface area contributed by atoms with Gasteiger partial charge in [0.05, 0.1) is 5.69 Å². The molecule has 0 aliphatic heterocycles. The van der Waals surface area contributed by atoms with Crippen molar-refractivity contribution in [2.75, 3.05) is 0 Å². The predicted molar refractivity (Wildman–Crippen MR) is 45.7 cm³/mol. The molecule has 0 aliphatic rings. The van der Waals surface area contributed by atoms with Gasteiger partial charge in [0.25, 0.3) is 0 Å². The van der Waals surface area contributed by atoms with E-state index in [1.165, 1.54) is 6.20 Å². The summed E-state index contributed by atoms with van der Waals surface area (Å²) in [5, 5.41) is 8.24. The molecular weight excluding hydrogens is 173 g/mol. The summed E-state index contributed by atoms with van der Waals surface area (Å²) < 4.78 is 12.6. The molecular formula is C9H8FNO2. The molecule has 1 heterocycles. The molecule has 68 valence electrons. The van der Waals surface area contributed by atoms with E-state index in [2.05, 4.69) is 4.98 Å². The second-order valence-corrected chi connectivity index (χ2v) is 2.56. The van der Waals surface area contributed by atoms with Gasteiger partial charge in [0.2, 0.25) is 5.83 Å². The molecule has 0 unspecified atom stereocenters. The van der Waals surface area contributed by atoms with Crippen molar-refractivity contribution >= 4 is 12.0 Å². The molecule has 13 heavy (non-hydrogen) atoms. The van der Waals surface area contributed by atoms with Crippen LogP contribution >= 0.6 is 0 Å². The lowest BCUT2D eigenvalue weighted by Gasteiger charge is -1.94. The lowest BCUT2D eigenvalue weighted by molar-refractivity contribution is -0.134. The van der Waals surface area contributed by atoms with Gasteiger partial charge in [-0.05, 0) is 24.6 Å². The van der Waals surface area contributed by atoms with Crippen LogP contribution < -0.4 is 0 Å². The molecule has 1 N–H and O–H groups in total. The first-order valence-electron chi connectivity index (χ1n) is 3.63. The summed E-state index contributed by atoms with van der Waals surface area (Å²) >= 11 is 0. The highest BCUT2D eigenvalue weighted by atomic mass is 19.1. The summed E-state index contributed by atoms with van der Waals surface area (Å²) in [7, 11) is 0. The molecule has 1 aromatic rings. The van der Waals surface area contributed by atoms with Crippen molar-refractivity contribution in [2.24, 2.45) is 0 Å². The third-order valence-corrected chi connectivity index (χ3v) is 1.42. The fourth-order valence-electron chi connectivity index (χ4n) is 0.830. The maximum absolute atomic E-state index is 12.6. The van der Waals surface area contributed by atoms with Crippen LogP contribution in [0.5, 0.6) is 0 Å². The Bertz CT molecular complexity index is 360. The molecule has 0 saturated carbocycles. The second kappa shape index (κ2) is 3.80. The molecule has 1 aromatic heterocycles. The van der Waals surface area contributed by atoms with Crippen molar-refractivity contribution < 1.29 is 14.3 Å². The molecule has 0 saturated heterocycles. The first-order valence-corrected chi connectivity index (χ1v) is 3.63. The van der Waals surface area contributed by atoms with Crippen molar-refractivity contribution in [3.8, 4) is 0 Å². The van der Waals surface area contributed by atoms with Gasteiger partial charge in [-0.1, -0.05) is 0 Å². The van der Waals surface area contributed by atoms with Crippen molar-refractivity contribution in [2.45, 2.75) is 6.92 Å². The van der Waals surface area contributed by atoms with Crippen molar-refractivity contribution in [1.82, 2.24) is 4.98 Å². The summed E-state index contributed by atoms with van der Waals surface area (Å²) in [6.07, 6.45) is 2.38. The SMILES string of the molecule is Cc1ccnc(/C=C(\F)C(=O)O)c1. The fourth-order valence-corrected chi connectivity index (χ4v) is 0.830. The molecule has 0 fully saturated rings. The Kier molecular flexibility index (Phi) is 2.74. The molecule has 0 bridgehead atoms. The lowest BCUT2D eigenvalue weighted by atomic mass is 10.2. The van der Waals surface area contributed by atoms with Crippen LogP contribution in [0.4, 0.5) is 4.39 Å². The number of aryl methyl sites for hydroxylation is 1. The molecule has 0 aliphatic carbocycles. The van der Waals surface area contributed by atoms with Crippen LogP contribution in [0.15, 0.2) is 24.2 Å². The van der Waals surface area contributed by atoms with Gasteiger partial charge in [-0.25, -0.2) is 4.79 Å². The maximum Gasteiger partial charge on any atom is 0.364 e. The van der Waals surface area contributed by atoms with Gasteiger partial charge >= 0.3 is 5.97 Å². The number of hydrogen-bond donors (Lipinski definition) is 1. The number of carbonyl (C=O) groups is 1. The first kappa shape index (κ1) is 9.38. The number of rotatable bonds is 2. The van der Waals surface area contributed by atoms with Crippen molar-refractivity contribution in [3.63, 3.8) is 0 Å². The summed E-state index contributed by atoms with van der Waals surface area (Å²) in [5.74, 6) is -2.79. The molecule has 1 rings (SSSR count). The minimum Gasteiger partial charge on any atom is -0.476 e. The number of aliphatic carboxylic acids is 1. The van der Waals surface area contributed by atoms with Crippen molar-refractivity contribution in [3.05, 3.63) is 35.4 Å². The summed E-state index contributed by atoms with van der Waals surface area (Å²) in [6.45, 7) is 1.82. The Balaban J connectivity index is 2.97. The molecule has 0 spiro atoms. The van der Waals surface area contributed by atoms with Gasteiger partial charge in [-0.3, -0.25) is 4.98 Å². The second-order valence-electron chi connectivity index (χ2n) is 2.56. The normalized spacial score (nSPS) is 11.4. The average molecular weight is 181 g/mol. The Labute approximate surface area is 74.5 Å². The zero-order valence-corrected chi connectivity index (χ0v) is 6.99. The van der Waals surface area contributed by atoms with Crippen LogP contribution in [0.2, 0.25) is 0 Å². The minimum absolute atomic E-state index is 0.305. The quantitative estimate of drug-likeness (QED) is 0.707. The number of halogens is 1. The largest absolute Gasteiger partial charge is 0.476 e. The number of hydrogen-bond acceptors (Lipinski definition) is 2.